The van der Waals surface area contributed by atoms with Crippen molar-refractivity contribution in [2.24, 2.45) is 0 Å². The van der Waals surface area contributed by atoms with Crippen LogP contribution in [-0.4, -0.2) is 47.5 Å². The van der Waals surface area contributed by atoms with E-state index in [1.807, 2.05) is 18.5 Å². The maximum atomic E-state index is 6.90. The average molecular weight is 717 g/mol. The lowest BCUT2D eigenvalue weighted by molar-refractivity contribution is -0.193. The van der Waals surface area contributed by atoms with E-state index in [-0.39, 0.29) is 18.0 Å². The number of hydrogen-bond acceptors (Lipinski definition) is 4. The summed E-state index contributed by atoms with van der Waals surface area (Å²) < 4.78 is 13.8. The first-order valence-electron chi connectivity index (χ1n) is 22.3. The predicted octanol–water partition coefficient (Wildman–Crippen LogP) is 13.8. The number of ether oxygens (including phenoxy) is 2. The minimum Gasteiger partial charge on any atom is -0.343 e. The van der Waals surface area contributed by atoms with Crippen LogP contribution in [0.4, 0.5) is 0 Å². The number of rotatable bonds is 33. The Balaban J connectivity index is 1.28. The number of aromatic nitrogens is 1. The van der Waals surface area contributed by atoms with Crippen molar-refractivity contribution in [3.63, 3.8) is 0 Å². The van der Waals surface area contributed by atoms with Crippen molar-refractivity contribution >= 4 is 0 Å². The quantitative estimate of drug-likeness (QED) is 0.0536. The molecule has 2 atom stereocenters. The summed E-state index contributed by atoms with van der Waals surface area (Å²) in [6.07, 6.45) is 57.2. The second-order valence-electron chi connectivity index (χ2n) is 15.8. The van der Waals surface area contributed by atoms with E-state index >= 15 is 0 Å². The van der Waals surface area contributed by atoms with Gasteiger partial charge in [0.2, 0.25) is 0 Å². The Bertz CT molecular complexity index is 1020. The maximum absolute atomic E-state index is 6.90. The summed E-state index contributed by atoms with van der Waals surface area (Å²) in [4.78, 5) is 6.83. The van der Waals surface area contributed by atoms with Gasteiger partial charge in [0.25, 0.3) is 0 Å². The van der Waals surface area contributed by atoms with Gasteiger partial charge in [0.05, 0.1) is 0 Å². The summed E-state index contributed by atoms with van der Waals surface area (Å²) in [5.74, 6) is -0.352. The van der Waals surface area contributed by atoms with Crippen molar-refractivity contribution in [1.82, 2.24) is 9.88 Å². The molecule has 0 amide bonds. The lowest BCUT2D eigenvalue weighted by Crippen LogP contribution is -2.36. The first-order chi connectivity index (χ1) is 25.7. The molecule has 3 rings (SSSR count). The van der Waals surface area contributed by atoms with Gasteiger partial charge in [0.1, 0.15) is 12.2 Å². The van der Waals surface area contributed by atoms with Crippen LogP contribution in [0.5, 0.6) is 0 Å². The second kappa shape index (κ2) is 30.3. The van der Waals surface area contributed by atoms with Gasteiger partial charge in [-0.2, -0.15) is 0 Å². The fourth-order valence-corrected chi connectivity index (χ4v) is 7.77. The number of hydrogen-bond donors (Lipinski definition) is 0. The summed E-state index contributed by atoms with van der Waals surface area (Å²) in [6, 6.07) is 4.22. The van der Waals surface area contributed by atoms with Crippen LogP contribution in [0.1, 0.15) is 186 Å². The molecule has 0 aliphatic carbocycles. The third kappa shape index (κ3) is 21.0. The van der Waals surface area contributed by atoms with Crippen molar-refractivity contribution in [1.29, 1.82) is 0 Å². The van der Waals surface area contributed by atoms with Crippen molar-refractivity contribution in [2.45, 2.75) is 205 Å². The molecule has 1 aromatic heterocycles. The highest BCUT2D eigenvalue weighted by Crippen LogP contribution is 2.40. The monoisotopic (exact) mass is 717 g/mol. The van der Waals surface area contributed by atoms with Crippen LogP contribution < -0.4 is 0 Å². The van der Waals surface area contributed by atoms with Gasteiger partial charge in [0, 0.05) is 44.9 Å². The van der Waals surface area contributed by atoms with Crippen molar-refractivity contribution in [3.8, 4) is 0 Å². The zero-order valence-corrected chi connectivity index (χ0v) is 34.0. The molecule has 0 unspecified atom stereocenters. The lowest BCUT2D eigenvalue weighted by Gasteiger charge is -2.31. The Morgan fingerprint density at radius 2 is 1.04 bits per heavy atom. The molecule has 52 heavy (non-hydrogen) atoms. The van der Waals surface area contributed by atoms with Gasteiger partial charge in [-0.1, -0.05) is 146 Å². The molecule has 0 saturated carbocycles. The van der Waals surface area contributed by atoms with Crippen LogP contribution in [0.3, 0.4) is 0 Å². The molecular weight excluding hydrogens is 637 g/mol. The Morgan fingerprint density at radius 3 is 1.48 bits per heavy atom. The molecule has 0 spiro atoms. The zero-order valence-electron chi connectivity index (χ0n) is 34.0. The first kappa shape index (κ1) is 44.4. The SMILES string of the molecule is CCCCC/C=C\C/C=C\CCCCCCCCC1(CCCCCCCC/C=C\C/C=C\CCCCC)O[C@H]2CN(CCc3cccnc3)C[C@H]2O1. The van der Waals surface area contributed by atoms with Gasteiger partial charge >= 0.3 is 0 Å². The molecular formula is C48H80N2O2. The van der Waals surface area contributed by atoms with Crippen LogP contribution in [-0.2, 0) is 15.9 Å². The Hall–Kier alpha value is -2.01. The van der Waals surface area contributed by atoms with Crippen molar-refractivity contribution in [3.05, 3.63) is 78.7 Å². The molecule has 0 radical (unpaired) electrons. The molecule has 2 aliphatic rings. The second-order valence-corrected chi connectivity index (χ2v) is 15.8. The van der Waals surface area contributed by atoms with Crippen LogP contribution >= 0.6 is 0 Å². The summed E-state index contributed by atoms with van der Waals surface area (Å²) >= 11 is 0. The minimum absolute atomic E-state index is 0.225. The van der Waals surface area contributed by atoms with E-state index in [4.69, 9.17) is 9.47 Å². The third-order valence-electron chi connectivity index (χ3n) is 11.0. The molecule has 0 N–H and O–H groups in total. The summed E-state index contributed by atoms with van der Waals surface area (Å²) in [5.41, 5.74) is 1.31. The highest BCUT2D eigenvalue weighted by molar-refractivity contribution is 5.09. The molecule has 2 saturated heterocycles. The van der Waals surface area contributed by atoms with Crippen LogP contribution in [0, 0.1) is 0 Å². The van der Waals surface area contributed by atoms with E-state index in [9.17, 15) is 0 Å². The number of unbranched alkanes of at least 4 members (excludes halogenated alkanes) is 18. The molecule has 1 aromatic rings. The van der Waals surface area contributed by atoms with Gasteiger partial charge in [-0.3, -0.25) is 9.88 Å². The zero-order chi connectivity index (χ0) is 36.6. The van der Waals surface area contributed by atoms with Gasteiger partial charge in [-0.05, 0) is 95.1 Å². The maximum Gasteiger partial charge on any atom is 0.169 e. The fourth-order valence-electron chi connectivity index (χ4n) is 7.77. The molecule has 2 fully saturated rings. The number of allylic oxidation sites excluding steroid dienone is 8. The molecule has 3 heterocycles. The third-order valence-corrected chi connectivity index (χ3v) is 11.0. The number of likely N-dealkylation sites (tertiary alicyclic amines) is 1. The Kier molecular flexibility index (Phi) is 25.9. The van der Waals surface area contributed by atoms with Crippen LogP contribution in [0.15, 0.2) is 73.1 Å². The Labute approximate surface area is 322 Å². The van der Waals surface area contributed by atoms with Gasteiger partial charge in [-0.15, -0.1) is 0 Å². The average Bonchev–Trinajstić information content (AvgIpc) is 3.70. The van der Waals surface area contributed by atoms with E-state index in [1.54, 1.807) is 0 Å². The molecule has 0 aromatic carbocycles. The molecule has 0 bridgehead atoms. The van der Waals surface area contributed by atoms with E-state index in [0.717, 1.165) is 51.7 Å². The van der Waals surface area contributed by atoms with Crippen LogP contribution in [0.25, 0.3) is 0 Å². The van der Waals surface area contributed by atoms with Gasteiger partial charge in [-0.25, -0.2) is 0 Å². The fraction of sp³-hybridized carbons (Fsp3) is 0.729. The number of nitrogens with zero attached hydrogens (tertiary/aromatic N) is 2. The number of fused-ring (bicyclic) bond motifs is 1. The molecule has 2 aliphatic heterocycles. The highest BCUT2D eigenvalue weighted by Gasteiger charge is 2.50. The van der Waals surface area contributed by atoms with Crippen LogP contribution in [0.2, 0.25) is 0 Å². The summed E-state index contributed by atoms with van der Waals surface area (Å²) in [5, 5.41) is 0. The van der Waals surface area contributed by atoms with E-state index in [2.05, 4.69) is 78.4 Å². The topological polar surface area (TPSA) is 34.6 Å². The minimum atomic E-state index is -0.352. The smallest absolute Gasteiger partial charge is 0.169 e. The summed E-state index contributed by atoms with van der Waals surface area (Å²) in [6.45, 7) is 7.59. The van der Waals surface area contributed by atoms with Crippen molar-refractivity contribution < 1.29 is 9.47 Å². The van der Waals surface area contributed by atoms with Gasteiger partial charge in [0.15, 0.2) is 5.79 Å². The Morgan fingerprint density at radius 1 is 0.596 bits per heavy atom. The standard InChI is InChI=1S/C48H80N2O2/c1-3-5-7-9-11-13-15-17-19-21-23-25-27-29-31-33-38-48(39-34-32-30-28-26-24-22-20-18-16-14-12-10-8-6-4-2)51-46-43-50(44-47(46)52-48)41-37-45-36-35-40-49-42-45/h11-14,17-20,35-36,40,42,46-47H,3-10,15-16,21-34,37-39,41,43-44H2,1-2H3/b13-11-,14-12-,19-17-,20-18-/t46-,47+. The molecule has 4 nitrogen and oxygen atoms in total. The van der Waals surface area contributed by atoms with E-state index < -0.39 is 0 Å². The highest BCUT2D eigenvalue weighted by atomic mass is 16.8. The van der Waals surface area contributed by atoms with E-state index in [0.29, 0.717) is 0 Å². The number of pyridine rings is 1. The molecule has 294 valence electrons. The normalized spacial score (nSPS) is 19.0. The summed E-state index contributed by atoms with van der Waals surface area (Å²) in [7, 11) is 0. The van der Waals surface area contributed by atoms with E-state index in [1.165, 1.54) is 147 Å². The first-order valence-corrected chi connectivity index (χ1v) is 22.3. The predicted molar refractivity (Wildman–Crippen MR) is 225 cm³/mol. The van der Waals surface area contributed by atoms with Crippen molar-refractivity contribution in [2.75, 3.05) is 19.6 Å². The lowest BCUT2D eigenvalue weighted by atomic mass is 9.98. The van der Waals surface area contributed by atoms with Gasteiger partial charge < -0.3 is 9.47 Å². The largest absolute Gasteiger partial charge is 0.343 e. The molecule has 4 heteroatoms.